The van der Waals surface area contributed by atoms with Crippen molar-refractivity contribution in [1.29, 1.82) is 0 Å². The van der Waals surface area contributed by atoms with Crippen LogP contribution in [0, 0.1) is 11.8 Å². The van der Waals surface area contributed by atoms with Gasteiger partial charge < -0.3 is 15.8 Å². The second-order valence-corrected chi connectivity index (χ2v) is 6.73. The number of hydrogen-bond acceptors (Lipinski definition) is 4. The number of nitrogens with one attached hydrogen (secondary N) is 2. The summed E-state index contributed by atoms with van der Waals surface area (Å²) in [7, 11) is 1.60. The van der Waals surface area contributed by atoms with Gasteiger partial charge in [0, 0.05) is 17.8 Å². The Morgan fingerprint density at radius 3 is 2.36 bits per heavy atom. The smallest absolute Gasteiger partial charge is 0.248 e. The van der Waals surface area contributed by atoms with Gasteiger partial charge in [0.05, 0.1) is 13.2 Å². The molecule has 0 aromatic heterocycles. The number of hydrogen-bond donors (Lipinski definition) is 3. The van der Waals surface area contributed by atoms with Crippen molar-refractivity contribution in [3.63, 3.8) is 0 Å². The van der Waals surface area contributed by atoms with E-state index >= 15 is 0 Å². The van der Waals surface area contributed by atoms with Crippen LogP contribution in [0.15, 0.2) is 36.4 Å². The van der Waals surface area contributed by atoms with Crippen molar-refractivity contribution in [3.8, 4) is 5.75 Å². The Kier molecular flexibility index (Phi) is 6.58. The van der Waals surface area contributed by atoms with Crippen LogP contribution in [0.4, 0.5) is 5.69 Å². The SMILES string of the molecule is COc1ccc(NC(=O)/C=C/[C@@H](N[C@H](C(N)=O)C(C)C)C2CC2)cc1. The number of ether oxygens (including phenoxy) is 1. The summed E-state index contributed by atoms with van der Waals surface area (Å²) in [5, 5.41) is 6.10. The average molecular weight is 345 g/mol. The highest BCUT2D eigenvalue weighted by Crippen LogP contribution is 2.33. The second kappa shape index (κ2) is 8.67. The Bertz CT molecular complexity index is 621. The van der Waals surface area contributed by atoms with Crippen LogP contribution in [0.25, 0.3) is 0 Å². The highest BCUT2D eigenvalue weighted by molar-refractivity contribution is 5.99. The summed E-state index contributed by atoms with van der Waals surface area (Å²) >= 11 is 0. The number of primary amides is 1. The molecule has 2 rings (SSSR count). The number of benzene rings is 1. The van der Waals surface area contributed by atoms with Gasteiger partial charge in [0.1, 0.15) is 5.75 Å². The van der Waals surface area contributed by atoms with E-state index in [1.165, 1.54) is 6.08 Å². The van der Waals surface area contributed by atoms with E-state index < -0.39 is 6.04 Å². The molecular weight excluding hydrogens is 318 g/mol. The zero-order valence-electron chi connectivity index (χ0n) is 15.0. The number of methoxy groups -OCH3 is 1. The average Bonchev–Trinajstić information content (AvgIpc) is 3.40. The fraction of sp³-hybridized carbons (Fsp3) is 0.474. The van der Waals surface area contributed by atoms with Gasteiger partial charge in [0.25, 0.3) is 0 Å². The highest BCUT2D eigenvalue weighted by Gasteiger charge is 2.33. The minimum absolute atomic E-state index is 0.0264. The number of anilines is 1. The van der Waals surface area contributed by atoms with Crippen molar-refractivity contribution >= 4 is 17.5 Å². The highest BCUT2D eigenvalue weighted by atomic mass is 16.5. The van der Waals surface area contributed by atoms with Gasteiger partial charge in [-0.2, -0.15) is 0 Å². The lowest BCUT2D eigenvalue weighted by molar-refractivity contribution is -0.121. The molecular formula is C19H27N3O3. The molecule has 0 bridgehead atoms. The van der Waals surface area contributed by atoms with Gasteiger partial charge in [0.2, 0.25) is 11.8 Å². The predicted molar refractivity (Wildman–Crippen MR) is 98.2 cm³/mol. The van der Waals surface area contributed by atoms with E-state index in [2.05, 4.69) is 10.6 Å². The maximum absolute atomic E-state index is 12.1. The summed E-state index contributed by atoms with van der Waals surface area (Å²) in [5.74, 6) is 0.707. The number of nitrogens with two attached hydrogens (primary N) is 1. The molecule has 1 aliphatic rings. The number of rotatable bonds is 9. The third-order valence-corrected chi connectivity index (χ3v) is 4.29. The van der Waals surface area contributed by atoms with Gasteiger partial charge in [0.15, 0.2) is 0 Å². The Morgan fingerprint density at radius 1 is 1.24 bits per heavy atom. The monoisotopic (exact) mass is 345 g/mol. The molecule has 25 heavy (non-hydrogen) atoms. The lowest BCUT2D eigenvalue weighted by atomic mass is 10.0. The zero-order valence-corrected chi connectivity index (χ0v) is 15.0. The van der Waals surface area contributed by atoms with Crippen molar-refractivity contribution in [2.75, 3.05) is 12.4 Å². The fourth-order valence-corrected chi connectivity index (χ4v) is 2.66. The molecule has 2 amide bonds. The van der Waals surface area contributed by atoms with Crippen molar-refractivity contribution < 1.29 is 14.3 Å². The first-order chi connectivity index (χ1) is 11.9. The molecule has 1 aliphatic carbocycles. The van der Waals surface area contributed by atoms with Crippen LogP contribution in [-0.2, 0) is 9.59 Å². The molecule has 2 atom stereocenters. The molecule has 0 heterocycles. The summed E-state index contributed by atoms with van der Waals surface area (Å²) in [4.78, 5) is 23.7. The van der Waals surface area contributed by atoms with E-state index in [4.69, 9.17) is 10.5 Å². The summed E-state index contributed by atoms with van der Waals surface area (Å²) in [6.07, 6.45) is 5.52. The lowest BCUT2D eigenvalue weighted by Gasteiger charge is -2.24. The Labute approximate surface area is 148 Å². The molecule has 6 nitrogen and oxygen atoms in total. The van der Waals surface area contributed by atoms with E-state index in [0.29, 0.717) is 11.6 Å². The largest absolute Gasteiger partial charge is 0.497 e. The summed E-state index contributed by atoms with van der Waals surface area (Å²) in [5.41, 5.74) is 6.17. The number of carbonyl (C=O) groups is 2. The molecule has 1 fully saturated rings. The molecule has 0 spiro atoms. The second-order valence-electron chi connectivity index (χ2n) is 6.73. The van der Waals surface area contributed by atoms with Gasteiger partial charge in [-0.1, -0.05) is 19.9 Å². The molecule has 0 aliphatic heterocycles. The van der Waals surface area contributed by atoms with Crippen molar-refractivity contribution in [2.24, 2.45) is 17.6 Å². The van der Waals surface area contributed by atoms with Gasteiger partial charge in [-0.3, -0.25) is 14.9 Å². The van der Waals surface area contributed by atoms with E-state index in [1.807, 2.05) is 19.9 Å². The van der Waals surface area contributed by atoms with Crippen LogP contribution < -0.4 is 21.1 Å². The topological polar surface area (TPSA) is 93.4 Å². The first-order valence-corrected chi connectivity index (χ1v) is 8.59. The predicted octanol–water partition coefficient (Wildman–Crippen LogP) is 2.07. The minimum atomic E-state index is -0.403. The Morgan fingerprint density at radius 2 is 1.88 bits per heavy atom. The number of amides is 2. The summed E-state index contributed by atoms with van der Waals surface area (Å²) < 4.78 is 5.09. The Balaban J connectivity index is 1.95. The minimum Gasteiger partial charge on any atom is -0.497 e. The number of carbonyl (C=O) groups excluding carboxylic acids is 2. The van der Waals surface area contributed by atoms with Crippen LogP contribution in [0.2, 0.25) is 0 Å². The molecule has 0 radical (unpaired) electrons. The van der Waals surface area contributed by atoms with Gasteiger partial charge in [-0.25, -0.2) is 0 Å². The zero-order chi connectivity index (χ0) is 18.4. The normalized spacial score (nSPS) is 16.6. The van der Waals surface area contributed by atoms with Crippen LogP contribution in [0.3, 0.4) is 0 Å². The lowest BCUT2D eigenvalue weighted by Crippen LogP contribution is -2.49. The molecule has 4 N–H and O–H groups in total. The first kappa shape index (κ1) is 19.0. The van der Waals surface area contributed by atoms with Gasteiger partial charge in [-0.05, 0) is 48.9 Å². The standard InChI is InChI=1S/C19H27N3O3/c1-12(2)18(19(20)24)22-16(13-4-5-13)10-11-17(23)21-14-6-8-15(25-3)9-7-14/h6-13,16,18,22H,4-5H2,1-3H3,(H2,20,24)(H,21,23)/b11-10+/t16-,18+/m1/s1. The van der Waals surface area contributed by atoms with Crippen LogP contribution >= 0.6 is 0 Å². The molecule has 6 heteroatoms. The molecule has 0 saturated heterocycles. The molecule has 1 saturated carbocycles. The van der Waals surface area contributed by atoms with Crippen molar-refractivity contribution in [3.05, 3.63) is 36.4 Å². The van der Waals surface area contributed by atoms with E-state index in [-0.39, 0.29) is 23.8 Å². The van der Waals surface area contributed by atoms with Crippen molar-refractivity contribution in [2.45, 2.75) is 38.8 Å². The van der Waals surface area contributed by atoms with Gasteiger partial charge >= 0.3 is 0 Å². The van der Waals surface area contributed by atoms with E-state index in [0.717, 1.165) is 18.6 Å². The third kappa shape index (κ3) is 5.90. The molecule has 1 aromatic carbocycles. The molecule has 0 unspecified atom stereocenters. The van der Waals surface area contributed by atoms with Crippen LogP contribution in [0.5, 0.6) is 5.75 Å². The van der Waals surface area contributed by atoms with Crippen molar-refractivity contribution in [1.82, 2.24) is 5.32 Å². The molecule has 1 aromatic rings. The summed E-state index contributed by atoms with van der Waals surface area (Å²) in [6.45, 7) is 3.90. The first-order valence-electron chi connectivity index (χ1n) is 8.59. The van der Waals surface area contributed by atoms with E-state index in [9.17, 15) is 9.59 Å². The third-order valence-electron chi connectivity index (χ3n) is 4.29. The maximum atomic E-state index is 12.1. The molecule has 136 valence electrons. The van der Waals surface area contributed by atoms with Crippen LogP contribution in [0.1, 0.15) is 26.7 Å². The summed E-state index contributed by atoms with van der Waals surface area (Å²) in [6, 6.07) is 6.70. The quantitative estimate of drug-likeness (QED) is 0.597. The van der Waals surface area contributed by atoms with E-state index in [1.54, 1.807) is 31.4 Å². The van der Waals surface area contributed by atoms with Gasteiger partial charge in [-0.15, -0.1) is 0 Å². The maximum Gasteiger partial charge on any atom is 0.248 e. The van der Waals surface area contributed by atoms with Crippen LogP contribution in [-0.4, -0.2) is 31.0 Å². The fourth-order valence-electron chi connectivity index (χ4n) is 2.66. The Hall–Kier alpha value is -2.34.